The molecule has 0 aliphatic heterocycles. The topological polar surface area (TPSA) is 79.3 Å². The molecule has 114 valence electrons. The van der Waals surface area contributed by atoms with Crippen LogP contribution in [0.3, 0.4) is 0 Å². The molecule has 1 heterocycles. The second kappa shape index (κ2) is 6.24. The second-order valence-corrected chi connectivity index (χ2v) is 6.20. The van der Waals surface area contributed by atoms with Crippen LogP contribution >= 0.6 is 0 Å². The summed E-state index contributed by atoms with van der Waals surface area (Å²) >= 11 is 0. The van der Waals surface area contributed by atoms with E-state index in [1.807, 2.05) is 6.92 Å². The molecule has 0 saturated heterocycles. The summed E-state index contributed by atoms with van der Waals surface area (Å²) in [5.74, 6) is -0.503. The molecule has 2 rings (SSSR count). The lowest BCUT2D eigenvalue weighted by Crippen LogP contribution is -2.45. The van der Waals surface area contributed by atoms with E-state index in [-0.39, 0.29) is 12.5 Å². The van der Waals surface area contributed by atoms with Crippen LogP contribution in [0.4, 0.5) is 0 Å². The molecule has 1 aromatic rings. The lowest BCUT2D eigenvalue weighted by Gasteiger charge is -2.35. The summed E-state index contributed by atoms with van der Waals surface area (Å²) < 4.78 is 0. The highest BCUT2D eigenvalue weighted by Gasteiger charge is 2.41. The van der Waals surface area contributed by atoms with E-state index in [1.165, 1.54) is 6.20 Å². The summed E-state index contributed by atoms with van der Waals surface area (Å²) in [5, 5.41) is 12.3. The average Bonchev–Trinajstić information content (AvgIpc) is 2.46. The van der Waals surface area contributed by atoms with Crippen molar-refractivity contribution in [3.05, 3.63) is 29.6 Å². The van der Waals surface area contributed by atoms with Gasteiger partial charge in [-0.1, -0.05) is 6.92 Å². The van der Waals surface area contributed by atoms with Crippen LogP contribution in [-0.2, 0) is 4.79 Å². The molecule has 0 bridgehead atoms. The summed E-state index contributed by atoms with van der Waals surface area (Å²) in [6.45, 7) is 4.19. The maximum absolute atomic E-state index is 12.1. The van der Waals surface area contributed by atoms with Crippen molar-refractivity contribution in [3.8, 4) is 0 Å². The molecule has 1 aliphatic carbocycles. The van der Waals surface area contributed by atoms with Gasteiger partial charge in [-0.25, -0.2) is 0 Å². The number of hydrogen-bond acceptors (Lipinski definition) is 3. The van der Waals surface area contributed by atoms with Gasteiger partial charge in [-0.15, -0.1) is 0 Å². The maximum atomic E-state index is 12.1. The number of rotatable bonds is 4. The molecule has 1 aromatic heterocycles. The van der Waals surface area contributed by atoms with Crippen molar-refractivity contribution in [2.24, 2.45) is 11.3 Å². The number of nitrogens with zero attached hydrogens (tertiary/aromatic N) is 1. The fraction of sp³-hybridized carbons (Fsp3) is 0.562. The normalized spacial score (nSPS) is 25.3. The Labute approximate surface area is 124 Å². The second-order valence-electron chi connectivity index (χ2n) is 6.20. The lowest BCUT2D eigenvalue weighted by atomic mass is 9.71. The fourth-order valence-electron chi connectivity index (χ4n) is 2.81. The van der Waals surface area contributed by atoms with Gasteiger partial charge in [0.2, 0.25) is 0 Å². The van der Waals surface area contributed by atoms with Crippen molar-refractivity contribution in [1.82, 2.24) is 10.3 Å². The monoisotopic (exact) mass is 290 g/mol. The average molecular weight is 290 g/mol. The number of carbonyl (C=O) groups is 2. The Bertz CT molecular complexity index is 534. The van der Waals surface area contributed by atoms with Crippen LogP contribution in [0.5, 0.6) is 0 Å². The van der Waals surface area contributed by atoms with Crippen molar-refractivity contribution in [2.45, 2.75) is 39.5 Å². The highest BCUT2D eigenvalue weighted by Crippen LogP contribution is 2.38. The van der Waals surface area contributed by atoms with E-state index >= 15 is 0 Å². The fourth-order valence-corrected chi connectivity index (χ4v) is 2.81. The van der Waals surface area contributed by atoms with Crippen molar-refractivity contribution in [2.75, 3.05) is 6.54 Å². The number of carboxylic acids is 1. The Morgan fingerprint density at radius 1 is 1.38 bits per heavy atom. The Hall–Kier alpha value is -1.91. The number of carbonyl (C=O) groups excluding carboxylic acids is 1. The van der Waals surface area contributed by atoms with Crippen molar-refractivity contribution >= 4 is 11.9 Å². The summed E-state index contributed by atoms with van der Waals surface area (Å²) in [7, 11) is 0. The van der Waals surface area contributed by atoms with E-state index in [0.29, 0.717) is 24.3 Å². The zero-order valence-electron chi connectivity index (χ0n) is 12.6. The Morgan fingerprint density at radius 3 is 2.62 bits per heavy atom. The molecule has 1 aliphatic rings. The van der Waals surface area contributed by atoms with E-state index in [4.69, 9.17) is 0 Å². The van der Waals surface area contributed by atoms with Crippen LogP contribution in [0.2, 0.25) is 0 Å². The molecule has 21 heavy (non-hydrogen) atoms. The minimum Gasteiger partial charge on any atom is -0.481 e. The smallest absolute Gasteiger partial charge is 0.311 e. The molecule has 1 amide bonds. The number of amides is 1. The van der Waals surface area contributed by atoms with Crippen molar-refractivity contribution in [1.29, 1.82) is 0 Å². The van der Waals surface area contributed by atoms with E-state index in [0.717, 1.165) is 18.4 Å². The third kappa shape index (κ3) is 3.60. The number of carboxylic acid groups (broad SMARTS) is 1. The minimum absolute atomic E-state index is 0.182. The summed E-state index contributed by atoms with van der Waals surface area (Å²) in [5.41, 5.74) is 0.557. The SMILES string of the molecule is Cc1cncc(C(=O)NCC2(C(=O)O)CCC(C)CC2)c1. The molecule has 5 heteroatoms. The van der Waals surface area contributed by atoms with Crippen LogP contribution in [0.25, 0.3) is 0 Å². The number of hydrogen-bond donors (Lipinski definition) is 2. The highest BCUT2D eigenvalue weighted by molar-refractivity contribution is 5.94. The zero-order valence-corrected chi connectivity index (χ0v) is 12.6. The highest BCUT2D eigenvalue weighted by atomic mass is 16.4. The van der Waals surface area contributed by atoms with Gasteiger partial charge in [0.1, 0.15) is 0 Å². The molecule has 0 radical (unpaired) electrons. The van der Waals surface area contributed by atoms with E-state index < -0.39 is 11.4 Å². The molecule has 2 N–H and O–H groups in total. The zero-order chi connectivity index (χ0) is 15.5. The van der Waals surface area contributed by atoms with Gasteiger partial charge in [0, 0.05) is 18.9 Å². The number of aliphatic carboxylic acids is 1. The molecule has 0 aromatic carbocycles. The van der Waals surface area contributed by atoms with Gasteiger partial charge in [0.15, 0.2) is 0 Å². The van der Waals surface area contributed by atoms with Gasteiger partial charge in [-0.3, -0.25) is 14.6 Å². The maximum Gasteiger partial charge on any atom is 0.311 e. The largest absolute Gasteiger partial charge is 0.481 e. The van der Waals surface area contributed by atoms with Gasteiger partial charge in [-0.05, 0) is 50.2 Å². The summed E-state index contributed by atoms with van der Waals surface area (Å²) in [6.07, 6.45) is 6.21. The van der Waals surface area contributed by atoms with Crippen LogP contribution in [0.1, 0.15) is 48.5 Å². The van der Waals surface area contributed by atoms with Crippen LogP contribution in [0.15, 0.2) is 18.5 Å². The van der Waals surface area contributed by atoms with E-state index in [1.54, 1.807) is 12.3 Å². The first-order chi connectivity index (χ1) is 9.93. The van der Waals surface area contributed by atoms with Gasteiger partial charge >= 0.3 is 5.97 Å². The van der Waals surface area contributed by atoms with Crippen molar-refractivity contribution in [3.63, 3.8) is 0 Å². The quantitative estimate of drug-likeness (QED) is 0.892. The number of nitrogens with one attached hydrogen (secondary N) is 1. The minimum atomic E-state index is -0.820. The number of aryl methyl sites for hydroxylation is 1. The molecule has 1 saturated carbocycles. The van der Waals surface area contributed by atoms with Crippen LogP contribution in [0, 0.1) is 18.3 Å². The predicted octanol–water partition coefficient (Wildman–Crippen LogP) is 2.40. The molecule has 1 fully saturated rings. The molecule has 0 atom stereocenters. The Kier molecular flexibility index (Phi) is 4.60. The Balaban J connectivity index is 2.02. The van der Waals surface area contributed by atoms with Crippen LogP contribution in [-0.4, -0.2) is 28.5 Å². The first kappa shape index (κ1) is 15.5. The molecular weight excluding hydrogens is 268 g/mol. The molecule has 0 unspecified atom stereocenters. The Morgan fingerprint density at radius 2 is 2.05 bits per heavy atom. The van der Waals surface area contributed by atoms with E-state index in [9.17, 15) is 14.7 Å². The van der Waals surface area contributed by atoms with Gasteiger partial charge < -0.3 is 10.4 Å². The predicted molar refractivity (Wildman–Crippen MR) is 79.0 cm³/mol. The molecular formula is C16H22N2O3. The standard InChI is InChI=1S/C16H22N2O3/c1-11-3-5-16(6-4-11,15(20)21)10-18-14(19)13-7-12(2)8-17-9-13/h7-9,11H,3-6,10H2,1-2H3,(H,18,19)(H,20,21). The first-order valence-corrected chi connectivity index (χ1v) is 7.36. The van der Waals surface area contributed by atoms with E-state index in [2.05, 4.69) is 17.2 Å². The lowest BCUT2D eigenvalue weighted by molar-refractivity contribution is -0.151. The van der Waals surface area contributed by atoms with Gasteiger partial charge in [-0.2, -0.15) is 0 Å². The van der Waals surface area contributed by atoms with Crippen molar-refractivity contribution < 1.29 is 14.7 Å². The van der Waals surface area contributed by atoms with Crippen LogP contribution < -0.4 is 5.32 Å². The third-order valence-corrected chi connectivity index (χ3v) is 4.41. The first-order valence-electron chi connectivity index (χ1n) is 7.36. The third-order valence-electron chi connectivity index (χ3n) is 4.41. The summed E-state index contributed by atoms with van der Waals surface area (Å²) in [6, 6.07) is 1.75. The van der Waals surface area contributed by atoms with Gasteiger partial charge in [0.25, 0.3) is 5.91 Å². The molecule has 0 spiro atoms. The van der Waals surface area contributed by atoms with Gasteiger partial charge in [0.05, 0.1) is 11.0 Å². The number of pyridine rings is 1. The summed E-state index contributed by atoms with van der Waals surface area (Å²) in [4.78, 5) is 27.7. The number of aromatic nitrogens is 1. The molecule has 5 nitrogen and oxygen atoms in total.